The zero-order chi connectivity index (χ0) is 14.7. The smallest absolute Gasteiger partial charge is 0.234 e. The van der Waals surface area contributed by atoms with Crippen molar-refractivity contribution in [1.82, 2.24) is 4.98 Å². The molecule has 106 valence electrons. The first kappa shape index (κ1) is 13.7. The lowest BCUT2D eigenvalue weighted by molar-refractivity contribution is -0.113. The number of aryl methyl sites for hydroxylation is 1. The Labute approximate surface area is 126 Å². The highest BCUT2D eigenvalue weighted by Crippen LogP contribution is 2.21. The minimum absolute atomic E-state index is 0.0385. The number of rotatable bonds is 4. The number of nitrogens with zero attached hydrogens (tertiary/aromatic N) is 1. The Kier molecular flexibility index (Phi) is 3.92. The highest BCUT2D eigenvalue weighted by atomic mass is 32.2. The summed E-state index contributed by atoms with van der Waals surface area (Å²) >= 11 is 1.51. The molecule has 4 nitrogen and oxygen atoms in total. The van der Waals surface area contributed by atoms with E-state index in [1.165, 1.54) is 11.8 Å². The first-order valence-electron chi connectivity index (χ1n) is 6.55. The van der Waals surface area contributed by atoms with E-state index in [-0.39, 0.29) is 5.91 Å². The Morgan fingerprint density at radius 3 is 2.86 bits per heavy atom. The van der Waals surface area contributed by atoms with Crippen LogP contribution in [0.1, 0.15) is 5.89 Å². The molecule has 0 spiro atoms. The van der Waals surface area contributed by atoms with Gasteiger partial charge in [0.2, 0.25) is 5.91 Å². The fourth-order valence-corrected chi connectivity index (χ4v) is 2.70. The summed E-state index contributed by atoms with van der Waals surface area (Å²) in [6.45, 7) is 1.80. The molecule has 0 aliphatic heterocycles. The van der Waals surface area contributed by atoms with E-state index < -0.39 is 0 Å². The second-order valence-corrected chi connectivity index (χ2v) is 5.61. The third-order valence-electron chi connectivity index (χ3n) is 2.89. The standard InChI is InChI=1S/C16H14N2O2S/c1-11-17-14-9-12(7-8-15(14)20-11)18-16(19)10-21-13-5-3-2-4-6-13/h2-9H,10H2,1H3,(H,18,19). The first-order chi connectivity index (χ1) is 10.2. The molecule has 2 aromatic carbocycles. The van der Waals surface area contributed by atoms with Gasteiger partial charge in [0.25, 0.3) is 0 Å². The van der Waals surface area contributed by atoms with Crippen molar-refractivity contribution < 1.29 is 9.21 Å². The third-order valence-corrected chi connectivity index (χ3v) is 3.90. The van der Waals surface area contributed by atoms with Gasteiger partial charge in [0.15, 0.2) is 11.5 Å². The van der Waals surface area contributed by atoms with Gasteiger partial charge in [0.05, 0.1) is 5.75 Å². The Hall–Kier alpha value is -2.27. The van der Waals surface area contributed by atoms with E-state index in [4.69, 9.17) is 4.42 Å². The minimum atomic E-state index is -0.0385. The minimum Gasteiger partial charge on any atom is -0.441 e. The number of carbonyl (C=O) groups is 1. The maximum absolute atomic E-state index is 12.0. The molecule has 1 aromatic heterocycles. The summed E-state index contributed by atoms with van der Waals surface area (Å²) in [5.41, 5.74) is 2.21. The average Bonchev–Trinajstić information content (AvgIpc) is 2.85. The molecule has 5 heteroatoms. The molecule has 0 aliphatic carbocycles. The largest absolute Gasteiger partial charge is 0.441 e. The summed E-state index contributed by atoms with van der Waals surface area (Å²) in [4.78, 5) is 17.3. The van der Waals surface area contributed by atoms with Crippen molar-refractivity contribution >= 4 is 34.5 Å². The molecule has 0 radical (unpaired) electrons. The van der Waals surface area contributed by atoms with Crippen molar-refractivity contribution in [3.05, 3.63) is 54.4 Å². The molecule has 1 amide bonds. The van der Waals surface area contributed by atoms with Crippen LogP contribution in [0.25, 0.3) is 11.1 Å². The number of amides is 1. The summed E-state index contributed by atoms with van der Waals surface area (Å²) in [6.07, 6.45) is 0. The van der Waals surface area contributed by atoms with E-state index in [1.807, 2.05) is 48.5 Å². The summed E-state index contributed by atoms with van der Waals surface area (Å²) in [5, 5.41) is 2.87. The number of anilines is 1. The summed E-state index contributed by atoms with van der Waals surface area (Å²) in [7, 11) is 0. The highest BCUT2D eigenvalue weighted by Gasteiger charge is 2.07. The molecular weight excluding hydrogens is 284 g/mol. The molecule has 3 aromatic rings. The number of hydrogen-bond donors (Lipinski definition) is 1. The van der Waals surface area contributed by atoms with Crippen molar-refractivity contribution in [2.75, 3.05) is 11.1 Å². The quantitative estimate of drug-likeness (QED) is 0.743. The molecule has 1 N–H and O–H groups in total. The van der Waals surface area contributed by atoms with Crippen molar-refractivity contribution in [1.29, 1.82) is 0 Å². The van der Waals surface area contributed by atoms with Gasteiger partial charge < -0.3 is 9.73 Å². The number of nitrogens with one attached hydrogen (secondary N) is 1. The summed E-state index contributed by atoms with van der Waals surface area (Å²) < 4.78 is 5.41. The normalized spacial score (nSPS) is 10.7. The van der Waals surface area contributed by atoms with Crippen molar-refractivity contribution in [2.45, 2.75) is 11.8 Å². The van der Waals surface area contributed by atoms with Crippen LogP contribution in [0.2, 0.25) is 0 Å². The molecule has 0 atom stereocenters. The van der Waals surface area contributed by atoms with Gasteiger partial charge in [0, 0.05) is 17.5 Å². The lowest BCUT2D eigenvalue weighted by Crippen LogP contribution is -2.13. The van der Waals surface area contributed by atoms with E-state index in [0.29, 0.717) is 11.6 Å². The van der Waals surface area contributed by atoms with Gasteiger partial charge in [-0.2, -0.15) is 0 Å². The van der Waals surface area contributed by atoms with Crippen LogP contribution in [0.3, 0.4) is 0 Å². The maximum atomic E-state index is 12.0. The number of thioether (sulfide) groups is 1. The van der Waals surface area contributed by atoms with Crippen molar-refractivity contribution in [3.63, 3.8) is 0 Å². The molecule has 0 bridgehead atoms. The molecule has 0 saturated heterocycles. The van der Waals surface area contributed by atoms with Crippen LogP contribution in [0, 0.1) is 6.92 Å². The predicted molar refractivity (Wildman–Crippen MR) is 84.5 cm³/mol. The van der Waals surface area contributed by atoms with Gasteiger partial charge in [-0.05, 0) is 30.3 Å². The molecule has 0 fully saturated rings. The number of benzene rings is 2. The monoisotopic (exact) mass is 298 g/mol. The van der Waals surface area contributed by atoms with Gasteiger partial charge in [-0.1, -0.05) is 18.2 Å². The van der Waals surface area contributed by atoms with E-state index >= 15 is 0 Å². The van der Waals surface area contributed by atoms with E-state index in [9.17, 15) is 4.79 Å². The lowest BCUT2D eigenvalue weighted by Gasteiger charge is -2.04. The number of fused-ring (bicyclic) bond motifs is 1. The molecule has 0 unspecified atom stereocenters. The molecule has 0 aliphatic rings. The molecular formula is C16H14N2O2S. The SMILES string of the molecule is Cc1nc2cc(NC(=O)CSc3ccccc3)ccc2o1. The van der Waals surface area contributed by atoms with Gasteiger partial charge in [-0.3, -0.25) is 4.79 Å². The maximum Gasteiger partial charge on any atom is 0.234 e. The van der Waals surface area contributed by atoms with E-state index in [2.05, 4.69) is 10.3 Å². The van der Waals surface area contributed by atoms with Gasteiger partial charge in [-0.15, -0.1) is 11.8 Å². The molecule has 0 saturated carbocycles. The summed E-state index contributed by atoms with van der Waals surface area (Å²) in [6, 6.07) is 15.3. The Morgan fingerprint density at radius 2 is 2.05 bits per heavy atom. The first-order valence-corrected chi connectivity index (χ1v) is 7.54. The Bertz CT molecular complexity index is 768. The fourth-order valence-electron chi connectivity index (χ4n) is 1.98. The Balaban J connectivity index is 1.63. The van der Waals surface area contributed by atoms with E-state index in [1.54, 1.807) is 6.92 Å². The fraction of sp³-hybridized carbons (Fsp3) is 0.125. The Morgan fingerprint density at radius 1 is 1.24 bits per heavy atom. The van der Waals surface area contributed by atoms with Crippen LogP contribution in [0.4, 0.5) is 5.69 Å². The van der Waals surface area contributed by atoms with Crippen LogP contribution in [-0.4, -0.2) is 16.6 Å². The predicted octanol–water partition coefficient (Wildman–Crippen LogP) is 3.87. The lowest BCUT2D eigenvalue weighted by atomic mass is 10.3. The molecule has 3 rings (SSSR count). The van der Waals surface area contributed by atoms with Gasteiger partial charge in [0.1, 0.15) is 5.52 Å². The number of oxazole rings is 1. The van der Waals surface area contributed by atoms with Crippen molar-refractivity contribution in [2.24, 2.45) is 0 Å². The van der Waals surface area contributed by atoms with Crippen LogP contribution >= 0.6 is 11.8 Å². The third kappa shape index (κ3) is 3.44. The number of aromatic nitrogens is 1. The molecule has 21 heavy (non-hydrogen) atoms. The number of hydrogen-bond acceptors (Lipinski definition) is 4. The van der Waals surface area contributed by atoms with Gasteiger partial charge in [-0.25, -0.2) is 4.98 Å². The van der Waals surface area contributed by atoms with Gasteiger partial charge >= 0.3 is 0 Å². The zero-order valence-electron chi connectivity index (χ0n) is 11.5. The highest BCUT2D eigenvalue weighted by molar-refractivity contribution is 8.00. The zero-order valence-corrected chi connectivity index (χ0v) is 12.3. The van der Waals surface area contributed by atoms with Crippen LogP contribution in [0.15, 0.2) is 57.8 Å². The number of carbonyl (C=O) groups excluding carboxylic acids is 1. The average molecular weight is 298 g/mol. The topological polar surface area (TPSA) is 55.1 Å². The summed E-state index contributed by atoms with van der Waals surface area (Å²) in [5.74, 6) is 0.955. The van der Waals surface area contributed by atoms with Crippen LogP contribution in [0.5, 0.6) is 0 Å². The second kappa shape index (κ2) is 6.01. The van der Waals surface area contributed by atoms with Crippen LogP contribution in [-0.2, 0) is 4.79 Å². The van der Waals surface area contributed by atoms with E-state index in [0.717, 1.165) is 21.7 Å². The van der Waals surface area contributed by atoms with Crippen molar-refractivity contribution in [3.8, 4) is 0 Å². The second-order valence-electron chi connectivity index (χ2n) is 4.57. The molecule has 1 heterocycles. The van der Waals surface area contributed by atoms with Crippen LogP contribution < -0.4 is 5.32 Å².